The van der Waals surface area contributed by atoms with E-state index in [4.69, 9.17) is 0 Å². The van der Waals surface area contributed by atoms with Crippen LogP contribution < -0.4 is 0 Å². The van der Waals surface area contributed by atoms with Crippen LogP contribution in [0.2, 0.25) is 0 Å². The van der Waals surface area contributed by atoms with E-state index in [1.807, 2.05) is 6.92 Å². The molecule has 7 heteroatoms. The van der Waals surface area contributed by atoms with Crippen LogP contribution in [0.1, 0.15) is 79.6 Å². The molecule has 0 aromatic heterocycles. The average molecular weight is 481 g/mol. The maximum atomic E-state index is 13.3. The van der Waals surface area contributed by atoms with Gasteiger partial charge in [0.15, 0.2) is 5.78 Å². The summed E-state index contributed by atoms with van der Waals surface area (Å²) in [6.07, 6.45) is 0.185. The van der Waals surface area contributed by atoms with Crippen molar-refractivity contribution in [3.63, 3.8) is 0 Å². The van der Waals surface area contributed by atoms with Crippen LogP contribution in [-0.2, 0) is 4.79 Å². The zero-order valence-corrected chi connectivity index (χ0v) is 21.2. The Labute approximate surface area is 202 Å². The first-order valence-corrected chi connectivity index (χ1v) is 13.0. The molecular weight excluding hydrogens is 436 g/mol. The van der Waals surface area contributed by atoms with Gasteiger partial charge in [0.2, 0.25) is 0 Å². The molecule has 11 unspecified atom stereocenters. The molecule has 11 atom stereocenters. The van der Waals surface area contributed by atoms with Crippen LogP contribution in [0.4, 0.5) is 0 Å². The van der Waals surface area contributed by atoms with Gasteiger partial charge in [-0.25, -0.2) is 0 Å². The summed E-state index contributed by atoms with van der Waals surface area (Å²) in [6.45, 7) is 9.59. The second-order valence-corrected chi connectivity index (χ2v) is 12.8. The Morgan fingerprint density at radius 1 is 1.09 bits per heavy atom. The number of aliphatic hydroxyl groups excluding tert-OH is 4. The molecule has 4 aliphatic rings. The first-order chi connectivity index (χ1) is 15.6. The van der Waals surface area contributed by atoms with Gasteiger partial charge in [0.25, 0.3) is 0 Å². The molecule has 0 heterocycles. The molecule has 0 radical (unpaired) electrons. The maximum Gasteiger partial charge on any atom is 0.159 e. The average Bonchev–Trinajstić information content (AvgIpc) is 3.04. The molecule has 0 aromatic carbocycles. The van der Waals surface area contributed by atoms with E-state index in [0.717, 1.165) is 6.42 Å². The summed E-state index contributed by atoms with van der Waals surface area (Å²) in [5, 5.41) is 66.5. The van der Waals surface area contributed by atoms with Crippen molar-refractivity contribution >= 4 is 5.78 Å². The quantitative estimate of drug-likeness (QED) is 0.352. The van der Waals surface area contributed by atoms with E-state index in [0.29, 0.717) is 43.6 Å². The lowest BCUT2D eigenvalue weighted by Crippen LogP contribution is -2.66. The van der Waals surface area contributed by atoms with Gasteiger partial charge in [0.1, 0.15) is 6.10 Å². The molecule has 0 aromatic rings. The lowest BCUT2D eigenvalue weighted by molar-refractivity contribution is -0.204. The number of aliphatic hydroxyl groups is 6. The van der Waals surface area contributed by atoms with Crippen LogP contribution in [0.25, 0.3) is 0 Å². The summed E-state index contributed by atoms with van der Waals surface area (Å²) in [6, 6.07) is 0. The molecule has 3 saturated carbocycles. The lowest BCUT2D eigenvalue weighted by atomic mass is 9.45. The molecule has 4 aliphatic carbocycles. The van der Waals surface area contributed by atoms with Crippen LogP contribution in [0, 0.1) is 34.5 Å². The molecule has 0 spiro atoms. The third kappa shape index (κ3) is 3.41. The van der Waals surface area contributed by atoms with Crippen molar-refractivity contribution in [2.24, 2.45) is 34.5 Å². The first-order valence-electron chi connectivity index (χ1n) is 13.0. The second kappa shape index (κ2) is 8.35. The Morgan fingerprint density at radius 3 is 2.35 bits per heavy atom. The van der Waals surface area contributed by atoms with Gasteiger partial charge in [0, 0.05) is 16.7 Å². The number of rotatable bonds is 5. The normalized spacial score (nSPS) is 49.1. The first kappa shape index (κ1) is 26.2. The van der Waals surface area contributed by atoms with E-state index in [9.17, 15) is 35.4 Å². The van der Waals surface area contributed by atoms with Gasteiger partial charge < -0.3 is 30.6 Å². The van der Waals surface area contributed by atoms with Gasteiger partial charge in [-0.15, -0.1) is 0 Å². The largest absolute Gasteiger partial charge is 0.390 e. The second-order valence-electron chi connectivity index (χ2n) is 12.8. The smallest absolute Gasteiger partial charge is 0.159 e. The van der Waals surface area contributed by atoms with E-state index in [1.165, 1.54) is 6.08 Å². The highest BCUT2D eigenvalue weighted by molar-refractivity contribution is 5.95. The summed E-state index contributed by atoms with van der Waals surface area (Å²) in [5.41, 5.74) is -3.90. The zero-order chi connectivity index (χ0) is 25.4. The number of allylic oxidation sites excluding steroid dienone is 1. The van der Waals surface area contributed by atoms with Crippen molar-refractivity contribution < 1.29 is 35.4 Å². The van der Waals surface area contributed by atoms with Crippen molar-refractivity contribution in [3.05, 3.63) is 11.6 Å². The summed E-state index contributed by atoms with van der Waals surface area (Å²) in [5.74, 6) is -1.14. The summed E-state index contributed by atoms with van der Waals surface area (Å²) < 4.78 is 0. The molecular formula is C27H44O7. The monoisotopic (exact) mass is 480 g/mol. The lowest BCUT2D eigenvalue weighted by Gasteiger charge is -2.61. The molecule has 194 valence electrons. The Kier molecular flexibility index (Phi) is 6.45. The number of hydrogen-bond donors (Lipinski definition) is 6. The minimum Gasteiger partial charge on any atom is -0.390 e. The van der Waals surface area contributed by atoms with Crippen LogP contribution in [0.5, 0.6) is 0 Å². The summed E-state index contributed by atoms with van der Waals surface area (Å²) in [7, 11) is 0. The van der Waals surface area contributed by atoms with Crippen molar-refractivity contribution in [1.82, 2.24) is 0 Å². The molecule has 0 saturated heterocycles. The fraction of sp³-hybridized carbons (Fsp3) is 0.889. The van der Waals surface area contributed by atoms with Gasteiger partial charge in [-0.3, -0.25) is 4.79 Å². The van der Waals surface area contributed by atoms with Gasteiger partial charge in [-0.05, 0) is 81.3 Å². The predicted octanol–water partition coefficient (Wildman–Crippen LogP) is 1.71. The third-order valence-electron chi connectivity index (χ3n) is 10.7. The molecule has 34 heavy (non-hydrogen) atoms. The molecule has 7 nitrogen and oxygen atoms in total. The maximum absolute atomic E-state index is 13.3. The minimum atomic E-state index is -1.39. The van der Waals surface area contributed by atoms with Crippen LogP contribution >= 0.6 is 0 Å². The highest BCUT2D eigenvalue weighted by Crippen LogP contribution is 2.68. The van der Waals surface area contributed by atoms with Crippen molar-refractivity contribution in [1.29, 1.82) is 0 Å². The summed E-state index contributed by atoms with van der Waals surface area (Å²) in [4.78, 5) is 13.3. The molecule has 6 N–H and O–H groups in total. The van der Waals surface area contributed by atoms with E-state index in [1.54, 1.807) is 13.8 Å². The van der Waals surface area contributed by atoms with Crippen molar-refractivity contribution in [3.8, 4) is 0 Å². The number of hydrogen-bond acceptors (Lipinski definition) is 7. The Hall–Kier alpha value is -0.830. The fourth-order valence-electron chi connectivity index (χ4n) is 8.35. The van der Waals surface area contributed by atoms with Gasteiger partial charge in [-0.2, -0.15) is 0 Å². The van der Waals surface area contributed by atoms with Gasteiger partial charge in [0.05, 0.1) is 29.5 Å². The molecule has 0 amide bonds. The van der Waals surface area contributed by atoms with E-state index in [2.05, 4.69) is 13.8 Å². The molecule has 4 rings (SSSR count). The highest BCUT2D eigenvalue weighted by Gasteiger charge is 2.70. The van der Waals surface area contributed by atoms with E-state index in [-0.39, 0.29) is 24.0 Å². The van der Waals surface area contributed by atoms with Crippen molar-refractivity contribution in [2.75, 3.05) is 0 Å². The topological polar surface area (TPSA) is 138 Å². The highest BCUT2D eigenvalue weighted by atomic mass is 16.4. The van der Waals surface area contributed by atoms with Crippen LogP contribution in [0.3, 0.4) is 0 Å². The molecule has 0 bridgehead atoms. The number of fused-ring (bicyclic) bond motifs is 5. The standard InChI is InChI=1S/C27H44O7/c1-14(2)6-7-21(30)26(5,33)20-9-11-27(34)16-12-18(28)17-13-19(29)22(31)23(32)25(17,4)15(16)8-10-24(20,27)3/h12,14-15,17,19-23,29-34H,6-11,13H2,1-5H3. The predicted molar refractivity (Wildman–Crippen MR) is 127 cm³/mol. The minimum absolute atomic E-state index is 0.0862. The van der Waals surface area contributed by atoms with Crippen LogP contribution in [-0.4, -0.2) is 72.0 Å². The number of carbonyl (C=O) groups is 1. The Morgan fingerprint density at radius 2 is 1.74 bits per heavy atom. The fourth-order valence-corrected chi connectivity index (χ4v) is 8.35. The number of carbonyl (C=O) groups excluding carboxylic acids is 1. The Balaban J connectivity index is 1.71. The van der Waals surface area contributed by atoms with E-state index < -0.39 is 52.4 Å². The van der Waals surface area contributed by atoms with E-state index >= 15 is 0 Å². The summed E-state index contributed by atoms with van der Waals surface area (Å²) >= 11 is 0. The van der Waals surface area contributed by atoms with Gasteiger partial charge >= 0.3 is 0 Å². The Bertz CT molecular complexity index is 852. The zero-order valence-electron chi connectivity index (χ0n) is 21.2. The van der Waals surface area contributed by atoms with Crippen molar-refractivity contribution in [2.45, 2.75) is 115 Å². The SMILES string of the molecule is CC(C)CCC(O)C(C)(O)C1CCC2(O)C3=CC(=O)C4CC(O)C(O)C(O)C4(C)C3CCC12C. The molecule has 0 aliphatic heterocycles. The molecule has 3 fully saturated rings. The van der Waals surface area contributed by atoms with Crippen LogP contribution in [0.15, 0.2) is 11.6 Å². The number of ketones is 1. The third-order valence-corrected chi connectivity index (χ3v) is 10.7. The van der Waals surface area contributed by atoms with Gasteiger partial charge in [-0.1, -0.05) is 27.7 Å².